The van der Waals surface area contributed by atoms with Crippen LogP contribution in [0.5, 0.6) is 0 Å². The summed E-state index contributed by atoms with van der Waals surface area (Å²) in [5.41, 5.74) is 0. The molecule has 0 aliphatic carbocycles. The second-order valence-corrected chi connectivity index (χ2v) is 4.88. The molecule has 1 aromatic rings. The third-order valence-electron chi connectivity index (χ3n) is 3.00. The predicted octanol–water partition coefficient (Wildman–Crippen LogP) is 0.588. The molecule has 2 heterocycles. The van der Waals surface area contributed by atoms with Gasteiger partial charge in [0, 0.05) is 39.8 Å². The highest BCUT2D eigenvalue weighted by atomic mass is 15.2. The van der Waals surface area contributed by atoms with Gasteiger partial charge in [-0.05, 0) is 12.5 Å². The molecule has 0 saturated carbocycles. The Kier molecular flexibility index (Phi) is 3.78. The molecule has 2 rings (SSSR count). The van der Waals surface area contributed by atoms with Gasteiger partial charge in [-0.25, -0.2) is 9.97 Å². The van der Waals surface area contributed by atoms with Crippen LogP contribution >= 0.6 is 0 Å². The van der Waals surface area contributed by atoms with Crippen molar-refractivity contribution >= 4 is 11.6 Å². The molecule has 5 nitrogen and oxygen atoms in total. The van der Waals surface area contributed by atoms with Crippen LogP contribution in [0.15, 0.2) is 12.4 Å². The zero-order valence-electron chi connectivity index (χ0n) is 10.8. The molecular weight excluding hydrogens is 214 g/mol. The number of nitrogens with one attached hydrogen (secondary N) is 1. The first-order valence-electron chi connectivity index (χ1n) is 6.12. The molecule has 1 aliphatic rings. The van der Waals surface area contributed by atoms with Crippen LogP contribution < -0.4 is 15.1 Å². The van der Waals surface area contributed by atoms with Crippen molar-refractivity contribution in [1.82, 2.24) is 15.3 Å². The van der Waals surface area contributed by atoms with Crippen LogP contribution in [-0.4, -0.2) is 50.2 Å². The highest BCUT2D eigenvalue weighted by molar-refractivity contribution is 5.49. The van der Waals surface area contributed by atoms with Crippen molar-refractivity contribution in [1.29, 1.82) is 0 Å². The van der Waals surface area contributed by atoms with Gasteiger partial charge in [-0.1, -0.05) is 6.92 Å². The van der Waals surface area contributed by atoms with Gasteiger partial charge in [-0.2, -0.15) is 0 Å². The molecule has 5 heteroatoms. The van der Waals surface area contributed by atoms with Crippen molar-refractivity contribution in [3.05, 3.63) is 12.4 Å². The predicted molar refractivity (Wildman–Crippen MR) is 70.6 cm³/mol. The minimum atomic E-state index is 0.648. The summed E-state index contributed by atoms with van der Waals surface area (Å²) in [6.45, 7) is 6.43. The fourth-order valence-corrected chi connectivity index (χ4v) is 2.06. The normalized spacial score (nSPS) is 21.1. The largest absolute Gasteiger partial charge is 0.363 e. The molecule has 1 N–H and O–H groups in total. The minimum absolute atomic E-state index is 0.648. The molecule has 17 heavy (non-hydrogen) atoms. The summed E-state index contributed by atoms with van der Waals surface area (Å²) in [7, 11) is 4.00. The lowest BCUT2D eigenvalue weighted by Gasteiger charge is -2.24. The van der Waals surface area contributed by atoms with Crippen molar-refractivity contribution in [2.45, 2.75) is 6.92 Å². The molecule has 1 aliphatic heterocycles. The Morgan fingerprint density at radius 3 is 3.00 bits per heavy atom. The highest BCUT2D eigenvalue weighted by Gasteiger charge is 2.16. The Labute approximate surface area is 103 Å². The van der Waals surface area contributed by atoms with Crippen molar-refractivity contribution < 1.29 is 0 Å². The lowest BCUT2D eigenvalue weighted by atomic mass is 10.2. The molecular formula is C12H21N5. The molecule has 0 bridgehead atoms. The number of aromatic nitrogens is 2. The van der Waals surface area contributed by atoms with E-state index >= 15 is 0 Å². The van der Waals surface area contributed by atoms with Gasteiger partial charge in [0.2, 0.25) is 0 Å². The average Bonchev–Trinajstić information content (AvgIpc) is 2.54. The molecule has 1 fully saturated rings. The SMILES string of the molecule is CC1CNCCN(c2cc(N(C)C)ncn2)C1. The topological polar surface area (TPSA) is 44.3 Å². The molecule has 0 spiro atoms. The van der Waals surface area contributed by atoms with Crippen molar-refractivity contribution in [3.63, 3.8) is 0 Å². The van der Waals surface area contributed by atoms with Crippen LogP contribution in [0, 0.1) is 5.92 Å². The van der Waals surface area contributed by atoms with E-state index in [1.165, 1.54) is 0 Å². The van der Waals surface area contributed by atoms with Gasteiger partial charge in [0.05, 0.1) is 0 Å². The first-order valence-corrected chi connectivity index (χ1v) is 6.12. The number of anilines is 2. The third kappa shape index (κ3) is 3.06. The standard InChI is InChI=1S/C12H21N5/c1-10-7-13-4-5-17(8-10)12-6-11(16(2)3)14-9-15-12/h6,9-10,13H,4-5,7-8H2,1-3H3. The fraction of sp³-hybridized carbons (Fsp3) is 0.667. The summed E-state index contributed by atoms with van der Waals surface area (Å²) in [5, 5.41) is 3.44. The average molecular weight is 235 g/mol. The van der Waals surface area contributed by atoms with E-state index in [1.807, 2.05) is 19.0 Å². The van der Waals surface area contributed by atoms with E-state index in [-0.39, 0.29) is 0 Å². The van der Waals surface area contributed by atoms with Gasteiger partial charge >= 0.3 is 0 Å². The summed E-state index contributed by atoms with van der Waals surface area (Å²) in [5.74, 6) is 2.63. The Balaban J connectivity index is 2.17. The van der Waals surface area contributed by atoms with Crippen molar-refractivity contribution in [2.24, 2.45) is 5.92 Å². The first-order chi connectivity index (χ1) is 8.16. The maximum atomic E-state index is 4.38. The van der Waals surface area contributed by atoms with Gasteiger partial charge in [0.1, 0.15) is 18.0 Å². The summed E-state index contributed by atoms with van der Waals surface area (Å²) in [6.07, 6.45) is 1.65. The number of rotatable bonds is 2. The lowest BCUT2D eigenvalue weighted by Crippen LogP contribution is -2.30. The Hall–Kier alpha value is -1.36. The summed E-state index contributed by atoms with van der Waals surface area (Å²) < 4.78 is 0. The van der Waals surface area contributed by atoms with Crippen LogP contribution in [0.2, 0.25) is 0 Å². The zero-order valence-corrected chi connectivity index (χ0v) is 10.8. The number of hydrogen-bond acceptors (Lipinski definition) is 5. The van der Waals surface area contributed by atoms with Crippen LogP contribution in [-0.2, 0) is 0 Å². The lowest BCUT2D eigenvalue weighted by molar-refractivity contribution is 0.563. The number of nitrogens with zero attached hydrogens (tertiary/aromatic N) is 4. The molecule has 0 amide bonds. The van der Waals surface area contributed by atoms with Crippen molar-refractivity contribution in [3.8, 4) is 0 Å². The second-order valence-electron chi connectivity index (χ2n) is 4.88. The van der Waals surface area contributed by atoms with Crippen LogP contribution in [0.1, 0.15) is 6.92 Å². The smallest absolute Gasteiger partial charge is 0.134 e. The third-order valence-corrected chi connectivity index (χ3v) is 3.00. The van der Waals surface area contributed by atoms with Gasteiger partial charge in [0.25, 0.3) is 0 Å². The first kappa shape index (κ1) is 12.1. The summed E-state index contributed by atoms with van der Waals surface area (Å²) >= 11 is 0. The molecule has 0 radical (unpaired) electrons. The molecule has 1 aromatic heterocycles. The quantitative estimate of drug-likeness (QED) is 0.813. The van der Waals surface area contributed by atoms with E-state index in [4.69, 9.17) is 0 Å². The molecule has 1 atom stereocenters. The monoisotopic (exact) mass is 235 g/mol. The van der Waals surface area contributed by atoms with E-state index in [0.717, 1.165) is 37.8 Å². The molecule has 94 valence electrons. The Morgan fingerprint density at radius 1 is 1.41 bits per heavy atom. The van der Waals surface area contributed by atoms with Crippen molar-refractivity contribution in [2.75, 3.05) is 50.1 Å². The van der Waals surface area contributed by atoms with Gasteiger partial charge in [-0.15, -0.1) is 0 Å². The molecule has 1 saturated heterocycles. The fourth-order valence-electron chi connectivity index (χ4n) is 2.06. The molecule has 0 aromatic carbocycles. The minimum Gasteiger partial charge on any atom is -0.363 e. The number of hydrogen-bond donors (Lipinski definition) is 1. The van der Waals surface area contributed by atoms with E-state index < -0.39 is 0 Å². The highest BCUT2D eigenvalue weighted by Crippen LogP contribution is 2.17. The van der Waals surface area contributed by atoms with E-state index in [1.54, 1.807) is 6.33 Å². The maximum absolute atomic E-state index is 4.38. The van der Waals surface area contributed by atoms with Crippen LogP contribution in [0.3, 0.4) is 0 Å². The van der Waals surface area contributed by atoms with Gasteiger partial charge < -0.3 is 15.1 Å². The van der Waals surface area contributed by atoms with Crippen LogP contribution in [0.25, 0.3) is 0 Å². The second kappa shape index (κ2) is 5.31. The summed E-state index contributed by atoms with van der Waals surface area (Å²) in [6, 6.07) is 2.05. The maximum Gasteiger partial charge on any atom is 0.134 e. The molecule has 1 unspecified atom stereocenters. The Bertz CT molecular complexity index is 366. The summed E-state index contributed by atoms with van der Waals surface area (Å²) in [4.78, 5) is 13.0. The van der Waals surface area contributed by atoms with Gasteiger partial charge in [-0.3, -0.25) is 0 Å². The van der Waals surface area contributed by atoms with E-state index in [0.29, 0.717) is 5.92 Å². The Morgan fingerprint density at radius 2 is 2.24 bits per heavy atom. The van der Waals surface area contributed by atoms with E-state index in [9.17, 15) is 0 Å². The van der Waals surface area contributed by atoms with Crippen LogP contribution in [0.4, 0.5) is 11.6 Å². The van der Waals surface area contributed by atoms with E-state index in [2.05, 4.69) is 33.2 Å². The zero-order chi connectivity index (χ0) is 12.3. The van der Waals surface area contributed by atoms with Gasteiger partial charge in [0.15, 0.2) is 0 Å².